The number of nitrogens with zero attached hydrogens (tertiary/aromatic N) is 3. The van der Waals surface area contributed by atoms with Gasteiger partial charge >= 0.3 is 6.18 Å². The number of hydrogen-bond donors (Lipinski definition) is 2. The number of alkyl halides is 3. The number of fused-ring (bicyclic) bond motifs is 1. The van der Waals surface area contributed by atoms with Crippen LogP contribution in [0, 0.1) is 0 Å². The zero-order valence-electron chi connectivity index (χ0n) is 15.7. The highest BCUT2D eigenvalue weighted by atomic mass is 35.5. The van der Waals surface area contributed by atoms with Gasteiger partial charge in [0.15, 0.2) is 5.15 Å². The molecule has 12 heteroatoms. The predicted molar refractivity (Wildman–Crippen MR) is 106 cm³/mol. The van der Waals surface area contributed by atoms with Crippen LogP contribution in [0.25, 0.3) is 4.96 Å². The molecule has 1 aromatic carbocycles. The molecule has 0 radical (unpaired) electrons. The van der Waals surface area contributed by atoms with Crippen molar-refractivity contribution in [3.05, 3.63) is 51.7 Å². The molecule has 2 heterocycles. The minimum atomic E-state index is -4.25. The Morgan fingerprint density at radius 3 is 2.70 bits per heavy atom. The quantitative estimate of drug-likeness (QED) is 0.453. The molecule has 0 fully saturated rings. The van der Waals surface area contributed by atoms with Crippen LogP contribution < -0.4 is 10.6 Å². The van der Waals surface area contributed by atoms with Gasteiger partial charge in [0, 0.05) is 6.54 Å². The predicted octanol–water partition coefficient (Wildman–Crippen LogP) is 3.32. The molecule has 3 aromatic rings. The van der Waals surface area contributed by atoms with Crippen molar-refractivity contribution in [3.63, 3.8) is 0 Å². The zero-order valence-corrected chi connectivity index (χ0v) is 17.3. The Balaban J connectivity index is 1.45. The molecule has 7 nitrogen and oxygen atoms in total. The Hall–Kier alpha value is -2.21. The molecule has 1 amide bonds. The Morgan fingerprint density at radius 1 is 1.23 bits per heavy atom. The van der Waals surface area contributed by atoms with Gasteiger partial charge in [0.05, 0.1) is 26.1 Å². The van der Waals surface area contributed by atoms with Crippen LogP contribution in [0.5, 0.6) is 0 Å². The van der Waals surface area contributed by atoms with Crippen LogP contribution in [0.2, 0.25) is 5.15 Å². The first kappa shape index (κ1) is 22.5. The summed E-state index contributed by atoms with van der Waals surface area (Å²) in [7, 11) is 0. The summed E-state index contributed by atoms with van der Waals surface area (Å²) >= 11 is 7.59. The van der Waals surface area contributed by atoms with Gasteiger partial charge in [0.2, 0.25) is 10.9 Å². The minimum absolute atomic E-state index is 0.0501. The molecule has 0 bridgehead atoms. The summed E-state index contributed by atoms with van der Waals surface area (Å²) in [5.74, 6) is -0.451. The fourth-order valence-corrected chi connectivity index (χ4v) is 3.61. The van der Waals surface area contributed by atoms with Crippen LogP contribution >= 0.6 is 22.9 Å². The van der Waals surface area contributed by atoms with Crippen molar-refractivity contribution >= 4 is 33.8 Å². The maximum absolute atomic E-state index is 12.1. The topological polar surface area (TPSA) is 80.5 Å². The molecule has 0 unspecified atom stereocenters. The highest BCUT2D eigenvalue weighted by Crippen LogP contribution is 2.23. The van der Waals surface area contributed by atoms with E-state index in [9.17, 15) is 18.0 Å². The number of amides is 1. The molecule has 3 rings (SSSR count). The molecule has 0 aliphatic heterocycles. The van der Waals surface area contributed by atoms with Crippen molar-refractivity contribution in [1.29, 1.82) is 0 Å². The van der Waals surface area contributed by atoms with Crippen LogP contribution in [0.1, 0.15) is 22.7 Å². The molecule has 0 atom stereocenters. The Labute approximate surface area is 179 Å². The van der Waals surface area contributed by atoms with E-state index >= 15 is 0 Å². The summed E-state index contributed by atoms with van der Waals surface area (Å²) in [6.07, 6.45) is -5.25. The Morgan fingerprint density at radius 2 is 2.00 bits per heavy atom. The summed E-state index contributed by atoms with van der Waals surface area (Å²) in [6.45, 7) is 0.280. The highest BCUT2D eigenvalue weighted by molar-refractivity contribution is 7.16. The average Bonchev–Trinajstić information content (AvgIpc) is 3.22. The Kier molecular flexibility index (Phi) is 7.64. The van der Waals surface area contributed by atoms with Crippen molar-refractivity contribution in [3.8, 4) is 0 Å². The maximum atomic E-state index is 12.1. The standard InChI is InChI=1S/C18H19ClF3N5O2S/c19-16-13(8-24-14(28)9-23-7-6-18(20,21)22)25-17-27(16)26-15(30-17)11-29-10-12-4-2-1-3-5-12/h1-5,23H,6-11H2,(H,24,28). The second kappa shape index (κ2) is 10.2. The lowest BCUT2D eigenvalue weighted by Crippen LogP contribution is -2.35. The van der Waals surface area contributed by atoms with Gasteiger partial charge in [-0.1, -0.05) is 53.3 Å². The monoisotopic (exact) mass is 461 g/mol. The van der Waals surface area contributed by atoms with Gasteiger partial charge in [-0.25, -0.2) is 4.98 Å². The van der Waals surface area contributed by atoms with E-state index in [2.05, 4.69) is 20.7 Å². The number of benzene rings is 1. The van der Waals surface area contributed by atoms with Crippen molar-refractivity contribution < 1.29 is 22.7 Å². The molecule has 0 saturated carbocycles. The molecule has 0 spiro atoms. The second-order valence-corrected chi connectivity index (χ2v) is 7.74. The molecule has 0 aliphatic carbocycles. The van der Waals surface area contributed by atoms with Crippen molar-refractivity contribution in [2.75, 3.05) is 13.1 Å². The van der Waals surface area contributed by atoms with E-state index in [0.29, 0.717) is 28.9 Å². The van der Waals surface area contributed by atoms with E-state index in [0.717, 1.165) is 5.56 Å². The number of carbonyl (C=O) groups excluding carboxylic acids is 1. The molecular formula is C18H19ClF3N5O2S. The number of imidazole rings is 1. The van der Waals surface area contributed by atoms with Crippen molar-refractivity contribution in [1.82, 2.24) is 25.2 Å². The number of hydrogen-bond acceptors (Lipinski definition) is 6. The van der Waals surface area contributed by atoms with E-state index in [-0.39, 0.29) is 24.8 Å². The lowest BCUT2D eigenvalue weighted by Gasteiger charge is -2.08. The smallest absolute Gasteiger partial charge is 0.370 e. The van der Waals surface area contributed by atoms with E-state index < -0.39 is 18.5 Å². The number of aromatic nitrogens is 3. The first-order valence-corrected chi connectivity index (χ1v) is 10.2. The average molecular weight is 462 g/mol. The zero-order chi connectivity index (χ0) is 21.6. The van der Waals surface area contributed by atoms with E-state index in [1.165, 1.54) is 15.9 Å². The number of nitrogens with one attached hydrogen (secondary N) is 2. The molecule has 30 heavy (non-hydrogen) atoms. The third-order valence-corrected chi connectivity index (χ3v) is 5.18. The lowest BCUT2D eigenvalue weighted by atomic mass is 10.2. The lowest BCUT2D eigenvalue weighted by molar-refractivity contribution is -0.134. The Bertz CT molecular complexity index is 978. The first-order valence-electron chi connectivity index (χ1n) is 9.00. The highest BCUT2D eigenvalue weighted by Gasteiger charge is 2.26. The normalized spacial score (nSPS) is 11.9. The van der Waals surface area contributed by atoms with Gasteiger partial charge in [-0.15, -0.1) is 0 Å². The molecule has 0 aliphatic rings. The summed E-state index contributed by atoms with van der Waals surface area (Å²) in [4.78, 5) is 16.6. The van der Waals surface area contributed by atoms with Crippen LogP contribution in [0.4, 0.5) is 13.2 Å². The van der Waals surface area contributed by atoms with Gasteiger partial charge in [0.1, 0.15) is 17.3 Å². The third kappa shape index (κ3) is 6.66. The fraction of sp³-hybridized carbons (Fsp3) is 0.389. The van der Waals surface area contributed by atoms with Crippen molar-refractivity contribution in [2.45, 2.75) is 32.4 Å². The third-order valence-electron chi connectivity index (χ3n) is 3.92. The number of ether oxygens (including phenoxy) is 1. The minimum Gasteiger partial charge on any atom is -0.370 e. The number of carbonyl (C=O) groups is 1. The van der Waals surface area contributed by atoms with Crippen LogP contribution in [-0.2, 0) is 29.3 Å². The van der Waals surface area contributed by atoms with Gasteiger partial charge in [-0.05, 0) is 5.56 Å². The SMILES string of the molecule is O=C(CNCCC(F)(F)F)NCc1nc2sc(COCc3ccccc3)nn2c1Cl. The van der Waals surface area contributed by atoms with E-state index in [4.69, 9.17) is 16.3 Å². The summed E-state index contributed by atoms with van der Waals surface area (Å²) in [5.41, 5.74) is 1.48. The molecule has 2 aromatic heterocycles. The summed E-state index contributed by atoms with van der Waals surface area (Å²) < 4.78 is 43.3. The number of rotatable bonds is 10. The molecule has 0 saturated heterocycles. The maximum Gasteiger partial charge on any atom is 0.390 e. The fourth-order valence-electron chi connectivity index (χ4n) is 2.48. The second-order valence-electron chi connectivity index (χ2n) is 6.34. The number of halogens is 4. The summed E-state index contributed by atoms with van der Waals surface area (Å²) in [6, 6.07) is 9.76. The van der Waals surface area contributed by atoms with Gasteiger partial charge < -0.3 is 15.4 Å². The molecular weight excluding hydrogens is 443 g/mol. The van der Waals surface area contributed by atoms with E-state index in [1.54, 1.807) is 0 Å². The molecule has 162 valence electrons. The van der Waals surface area contributed by atoms with Gasteiger partial charge in [0.25, 0.3) is 0 Å². The van der Waals surface area contributed by atoms with E-state index in [1.807, 2.05) is 30.3 Å². The summed E-state index contributed by atoms with van der Waals surface area (Å²) in [5, 5.41) is 10.3. The van der Waals surface area contributed by atoms with Gasteiger partial charge in [-0.2, -0.15) is 22.8 Å². The first-order chi connectivity index (χ1) is 14.3. The van der Waals surface area contributed by atoms with Crippen LogP contribution in [-0.4, -0.2) is 39.8 Å². The molecule has 2 N–H and O–H groups in total. The van der Waals surface area contributed by atoms with Crippen molar-refractivity contribution in [2.24, 2.45) is 0 Å². The van der Waals surface area contributed by atoms with Gasteiger partial charge in [-0.3, -0.25) is 4.79 Å². The largest absolute Gasteiger partial charge is 0.390 e. The van der Waals surface area contributed by atoms with Crippen LogP contribution in [0.3, 0.4) is 0 Å². The van der Waals surface area contributed by atoms with Crippen LogP contribution in [0.15, 0.2) is 30.3 Å².